The highest BCUT2D eigenvalue weighted by molar-refractivity contribution is 9.10. The predicted octanol–water partition coefficient (Wildman–Crippen LogP) is 4.42. The van der Waals surface area contributed by atoms with E-state index in [4.69, 9.17) is 21.1 Å². The SMILES string of the molecule is COc1ccc(Br)cc1CC1(CCl)CCOC1C1CC1. The molecule has 1 saturated heterocycles. The zero-order valence-electron chi connectivity index (χ0n) is 11.7. The smallest absolute Gasteiger partial charge is 0.122 e. The summed E-state index contributed by atoms with van der Waals surface area (Å²) < 4.78 is 12.6. The van der Waals surface area contributed by atoms with Crippen LogP contribution in [0.3, 0.4) is 0 Å². The highest BCUT2D eigenvalue weighted by Crippen LogP contribution is 2.50. The first kappa shape index (κ1) is 14.7. The molecule has 110 valence electrons. The Labute approximate surface area is 133 Å². The lowest BCUT2D eigenvalue weighted by molar-refractivity contribution is 0.0401. The Morgan fingerprint density at radius 1 is 1.45 bits per heavy atom. The Hall–Kier alpha value is -0.250. The van der Waals surface area contributed by atoms with Crippen LogP contribution in [0.1, 0.15) is 24.8 Å². The standard InChI is InChI=1S/C16H20BrClO2/c1-19-14-5-4-13(17)8-12(14)9-16(10-18)6-7-20-15(16)11-2-3-11/h4-5,8,11,15H,2-3,6-7,9-10H2,1H3. The molecule has 1 aliphatic heterocycles. The minimum Gasteiger partial charge on any atom is -0.496 e. The van der Waals surface area contributed by atoms with Gasteiger partial charge in [0.1, 0.15) is 5.75 Å². The second kappa shape index (κ2) is 5.86. The van der Waals surface area contributed by atoms with Crippen LogP contribution in [0.15, 0.2) is 22.7 Å². The van der Waals surface area contributed by atoms with Crippen LogP contribution in [0.5, 0.6) is 5.75 Å². The fourth-order valence-corrected chi connectivity index (χ4v) is 4.18. The van der Waals surface area contributed by atoms with Crippen LogP contribution in [0.25, 0.3) is 0 Å². The Balaban J connectivity index is 1.89. The molecule has 1 saturated carbocycles. The molecule has 20 heavy (non-hydrogen) atoms. The van der Waals surface area contributed by atoms with E-state index in [1.54, 1.807) is 7.11 Å². The first-order chi connectivity index (χ1) is 9.68. The van der Waals surface area contributed by atoms with E-state index in [0.29, 0.717) is 12.0 Å². The van der Waals surface area contributed by atoms with Gasteiger partial charge >= 0.3 is 0 Å². The van der Waals surface area contributed by atoms with Gasteiger partial charge in [0.05, 0.1) is 13.2 Å². The number of methoxy groups -OCH3 is 1. The second-order valence-corrected chi connectivity index (χ2v) is 7.19. The molecule has 1 heterocycles. The zero-order chi connectivity index (χ0) is 14.2. The van der Waals surface area contributed by atoms with Crippen molar-refractivity contribution in [3.8, 4) is 5.75 Å². The fraction of sp³-hybridized carbons (Fsp3) is 0.625. The van der Waals surface area contributed by atoms with Gasteiger partial charge in [-0.25, -0.2) is 0 Å². The summed E-state index contributed by atoms with van der Waals surface area (Å²) in [6.45, 7) is 0.838. The monoisotopic (exact) mass is 358 g/mol. The number of halogens is 2. The molecule has 2 fully saturated rings. The summed E-state index contributed by atoms with van der Waals surface area (Å²) in [5.41, 5.74) is 1.29. The van der Waals surface area contributed by atoms with Crippen molar-refractivity contribution in [2.75, 3.05) is 19.6 Å². The lowest BCUT2D eigenvalue weighted by Crippen LogP contribution is -2.36. The van der Waals surface area contributed by atoms with Crippen molar-refractivity contribution in [3.05, 3.63) is 28.2 Å². The molecule has 1 aromatic carbocycles. The van der Waals surface area contributed by atoms with Gasteiger partial charge in [0.2, 0.25) is 0 Å². The van der Waals surface area contributed by atoms with E-state index >= 15 is 0 Å². The molecule has 0 amide bonds. The van der Waals surface area contributed by atoms with E-state index in [1.807, 2.05) is 12.1 Å². The Morgan fingerprint density at radius 3 is 2.90 bits per heavy atom. The lowest BCUT2D eigenvalue weighted by atomic mass is 9.75. The van der Waals surface area contributed by atoms with Crippen LogP contribution in [-0.2, 0) is 11.2 Å². The maximum atomic E-state index is 6.38. The molecule has 0 spiro atoms. The quantitative estimate of drug-likeness (QED) is 0.724. The van der Waals surface area contributed by atoms with E-state index in [-0.39, 0.29) is 5.41 Å². The van der Waals surface area contributed by atoms with Gasteiger partial charge in [-0.2, -0.15) is 0 Å². The molecule has 0 bridgehead atoms. The van der Waals surface area contributed by atoms with Crippen molar-refractivity contribution in [1.29, 1.82) is 0 Å². The molecule has 1 aromatic rings. The molecule has 0 aromatic heterocycles. The Kier molecular flexibility index (Phi) is 4.30. The topological polar surface area (TPSA) is 18.5 Å². The van der Waals surface area contributed by atoms with Gasteiger partial charge in [0, 0.05) is 22.4 Å². The molecule has 2 nitrogen and oxygen atoms in total. The summed E-state index contributed by atoms with van der Waals surface area (Å²) >= 11 is 9.93. The summed E-state index contributed by atoms with van der Waals surface area (Å²) in [5, 5.41) is 0. The zero-order valence-corrected chi connectivity index (χ0v) is 14.0. The highest BCUT2D eigenvalue weighted by atomic mass is 79.9. The molecule has 3 rings (SSSR count). The molecule has 2 atom stereocenters. The van der Waals surface area contributed by atoms with Crippen molar-refractivity contribution < 1.29 is 9.47 Å². The van der Waals surface area contributed by atoms with Crippen molar-refractivity contribution in [2.24, 2.45) is 11.3 Å². The molecular formula is C16H20BrClO2. The van der Waals surface area contributed by atoms with E-state index in [9.17, 15) is 0 Å². The minimum atomic E-state index is 0.0663. The molecule has 1 aliphatic carbocycles. The van der Waals surface area contributed by atoms with Gasteiger partial charge < -0.3 is 9.47 Å². The fourth-order valence-electron chi connectivity index (χ4n) is 3.39. The van der Waals surface area contributed by atoms with Crippen LogP contribution in [0, 0.1) is 11.3 Å². The largest absolute Gasteiger partial charge is 0.496 e. The summed E-state index contributed by atoms with van der Waals surface area (Å²) in [5.74, 6) is 2.32. The van der Waals surface area contributed by atoms with Gasteiger partial charge in [-0.05, 0) is 55.4 Å². The van der Waals surface area contributed by atoms with Crippen molar-refractivity contribution in [3.63, 3.8) is 0 Å². The van der Waals surface area contributed by atoms with Gasteiger partial charge in [0.15, 0.2) is 0 Å². The van der Waals surface area contributed by atoms with Gasteiger partial charge in [0.25, 0.3) is 0 Å². The van der Waals surface area contributed by atoms with Crippen molar-refractivity contribution in [2.45, 2.75) is 31.8 Å². The molecule has 2 aliphatic rings. The molecular weight excluding hydrogens is 340 g/mol. The summed E-state index contributed by atoms with van der Waals surface area (Å²) in [6.07, 6.45) is 4.88. The number of benzene rings is 1. The molecule has 4 heteroatoms. The van der Waals surface area contributed by atoms with Gasteiger partial charge in [-0.1, -0.05) is 15.9 Å². The third kappa shape index (κ3) is 2.72. The van der Waals surface area contributed by atoms with Crippen LogP contribution < -0.4 is 4.74 Å². The average molecular weight is 360 g/mol. The van der Waals surface area contributed by atoms with Crippen LogP contribution in [0.2, 0.25) is 0 Å². The number of hydrogen-bond donors (Lipinski definition) is 0. The third-order valence-electron chi connectivity index (χ3n) is 4.60. The number of hydrogen-bond acceptors (Lipinski definition) is 2. The van der Waals surface area contributed by atoms with Gasteiger partial charge in [-0.15, -0.1) is 11.6 Å². The Bertz CT molecular complexity index is 489. The van der Waals surface area contributed by atoms with Crippen molar-refractivity contribution >= 4 is 27.5 Å². The summed E-state index contributed by atoms with van der Waals surface area (Å²) in [4.78, 5) is 0. The second-order valence-electron chi connectivity index (χ2n) is 6.01. The molecule has 0 N–H and O–H groups in total. The first-order valence-electron chi connectivity index (χ1n) is 7.18. The third-order valence-corrected chi connectivity index (χ3v) is 5.63. The number of ether oxygens (including phenoxy) is 2. The van der Waals surface area contributed by atoms with Gasteiger partial charge in [-0.3, -0.25) is 0 Å². The molecule has 0 radical (unpaired) electrons. The predicted molar refractivity (Wildman–Crippen MR) is 84.6 cm³/mol. The minimum absolute atomic E-state index is 0.0663. The van der Waals surface area contributed by atoms with Crippen LogP contribution in [0.4, 0.5) is 0 Å². The van der Waals surface area contributed by atoms with E-state index in [2.05, 4.69) is 22.0 Å². The van der Waals surface area contributed by atoms with Crippen LogP contribution >= 0.6 is 27.5 Å². The maximum Gasteiger partial charge on any atom is 0.122 e. The average Bonchev–Trinajstić information content (AvgIpc) is 3.21. The highest BCUT2D eigenvalue weighted by Gasteiger charge is 2.50. The summed E-state index contributed by atoms with van der Waals surface area (Å²) in [6, 6.07) is 6.18. The lowest BCUT2D eigenvalue weighted by Gasteiger charge is -2.33. The maximum absolute atomic E-state index is 6.38. The van der Waals surface area contributed by atoms with E-state index < -0.39 is 0 Å². The Morgan fingerprint density at radius 2 is 2.25 bits per heavy atom. The van der Waals surface area contributed by atoms with E-state index in [1.165, 1.54) is 18.4 Å². The van der Waals surface area contributed by atoms with E-state index in [0.717, 1.165) is 35.6 Å². The summed E-state index contributed by atoms with van der Waals surface area (Å²) in [7, 11) is 1.73. The molecule has 2 unspecified atom stereocenters. The van der Waals surface area contributed by atoms with Crippen LogP contribution in [-0.4, -0.2) is 25.7 Å². The normalized spacial score (nSPS) is 29.6. The number of rotatable bonds is 5. The number of alkyl halides is 1. The van der Waals surface area contributed by atoms with Crippen molar-refractivity contribution in [1.82, 2.24) is 0 Å². The first-order valence-corrected chi connectivity index (χ1v) is 8.51.